The minimum atomic E-state index is 0.185. The molecule has 6 heteroatoms. The summed E-state index contributed by atoms with van der Waals surface area (Å²) < 4.78 is 5.25. The van der Waals surface area contributed by atoms with E-state index in [1.807, 2.05) is 29.2 Å². The molecule has 2 aromatic rings. The van der Waals surface area contributed by atoms with Crippen molar-refractivity contribution < 1.29 is 9.53 Å². The number of rotatable bonds is 4. The molecule has 2 fully saturated rings. The molecule has 0 bridgehead atoms. The van der Waals surface area contributed by atoms with Gasteiger partial charge in [0.25, 0.3) is 0 Å². The van der Waals surface area contributed by atoms with E-state index in [1.165, 1.54) is 6.42 Å². The fraction of sp³-hybridized carbons (Fsp3) is 0.476. The lowest BCUT2D eigenvalue weighted by Crippen LogP contribution is -2.44. The SMILES string of the molecule is COc1ccc(-c2cnc(N)nc2C2CCCN(C(=O)C3CCC3)C2)cc1. The van der Waals surface area contributed by atoms with Crippen molar-refractivity contribution in [1.82, 2.24) is 14.9 Å². The van der Waals surface area contributed by atoms with Gasteiger partial charge in [0, 0.05) is 36.7 Å². The first-order valence-electron chi connectivity index (χ1n) is 9.71. The van der Waals surface area contributed by atoms with Crippen LogP contribution < -0.4 is 10.5 Å². The molecule has 0 spiro atoms. The summed E-state index contributed by atoms with van der Waals surface area (Å²) in [5.74, 6) is 1.83. The van der Waals surface area contributed by atoms with E-state index in [2.05, 4.69) is 9.97 Å². The van der Waals surface area contributed by atoms with E-state index in [4.69, 9.17) is 10.5 Å². The van der Waals surface area contributed by atoms with Gasteiger partial charge in [-0.15, -0.1) is 0 Å². The normalized spacial score (nSPS) is 20.2. The molecule has 0 radical (unpaired) electrons. The van der Waals surface area contributed by atoms with Crippen LogP contribution in [0.3, 0.4) is 0 Å². The zero-order valence-corrected chi connectivity index (χ0v) is 15.7. The molecule has 27 heavy (non-hydrogen) atoms. The molecule has 1 saturated carbocycles. The second kappa shape index (κ2) is 7.55. The molecule has 1 saturated heterocycles. The van der Waals surface area contributed by atoms with Crippen LogP contribution in [-0.2, 0) is 4.79 Å². The monoisotopic (exact) mass is 366 g/mol. The van der Waals surface area contributed by atoms with Gasteiger partial charge in [0.1, 0.15) is 5.75 Å². The number of amides is 1. The molecule has 2 N–H and O–H groups in total. The van der Waals surface area contributed by atoms with Gasteiger partial charge in [0.05, 0.1) is 12.8 Å². The van der Waals surface area contributed by atoms with Crippen molar-refractivity contribution in [3.63, 3.8) is 0 Å². The molecule has 1 unspecified atom stereocenters. The summed E-state index contributed by atoms with van der Waals surface area (Å²) in [5, 5.41) is 0. The Balaban J connectivity index is 1.61. The van der Waals surface area contributed by atoms with E-state index < -0.39 is 0 Å². The van der Waals surface area contributed by atoms with Crippen molar-refractivity contribution >= 4 is 11.9 Å². The van der Waals surface area contributed by atoms with Crippen LogP contribution in [0.15, 0.2) is 30.5 Å². The summed E-state index contributed by atoms with van der Waals surface area (Å²) in [6, 6.07) is 7.89. The van der Waals surface area contributed by atoms with Crippen molar-refractivity contribution in [3.05, 3.63) is 36.2 Å². The Hall–Kier alpha value is -2.63. The zero-order valence-electron chi connectivity index (χ0n) is 15.7. The molecular weight excluding hydrogens is 340 g/mol. The summed E-state index contributed by atoms with van der Waals surface area (Å²) in [7, 11) is 1.66. The number of nitrogens with two attached hydrogens (primary N) is 1. The number of nitrogen functional groups attached to an aromatic ring is 1. The first-order valence-corrected chi connectivity index (χ1v) is 9.71. The fourth-order valence-corrected chi connectivity index (χ4v) is 4.03. The number of likely N-dealkylation sites (tertiary alicyclic amines) is 1. The molecule has 142 valence electrons. The van der Waals surface area contributed by atoms with Gasteiger partial charge >= 0.3 is 0 Å². The lowest BCUT2D eigenvalue weighted by Gasteiger charge is -2.37. The minimum absolute atomic E-state index is 0.185. The van der Waals surface area contributed by atoms with Crippen LogP contribution in [0.5, 0.6) is 5.75 Å². The predicted molar refractivity (Wildman–Crippen MR) is 104 cm³/mol. The largest absolute Gasteiger partial charge is 0.497 e. The molecule has 2 heterocycles. The van der Waals surface area contributed by atoms with Gasteiger partial charge in [0.2, 0.25) is 11.9 Å². The number of hydrogen-bond donors (Lipinski definition) is 1. The van der Waals surface area contributed by atoms with Crippen LogP contribution in [0.4, 0.5) is 5.95 Å². The number of piperidine rings is 1. The first kappa shape index (κ1) is 17.8. The zero-order chi connectivity index (χ0) is 18.8. The van der Waals surface area contributed by atoms with Crippen molar-refractivity contribution in [1.29, 1.82) is 0 Å². The third-order valence-corrected chi connectivity index (χ3v) is 5.81. The number of carbonyl (C=O) groups excluding carboxylic acids is 1. The molecule has 1 aliphatic carbocycles. The molecule has 4 rings (SSSR count). The number of aromatic nitrogens is 2. The van der Waals surface area contributed by atoms with Gasteiger partial charge in [-0.25, -0.2) is 9.97 Å². The van der Waals surface area contributed by atoms with Gasteiger partial charge < -0.3 is 15.4 Å². The number of ether oxygens (including phenoxy) is 1. The van der Waals surface area contributed by atoms with E-state index >= 15 is 0 Å². The highest BCUT2D eigenvalue weighted by Gasteiger charge is 2.33. The quantitative estimate of drug-likeness (QED) is 0.898. The molecule has 1 atom stereocenters. The highest BCUT2D eigenvalue weighted by atomic mass is 16.5. The number of hydrogen-bond acceptors (Lipinski definition) is 5. The Morgan fingerprint density at radius 2 is 1.96 bits per heavy atom. The average molecular weight is 366 g/mol. The summed E-state index contributed by atoms with van der Waals surface area (Å²) >= 11 is 0. The molecular formula is C21H26N4O2. The minimum Gasteiger partial charge on any atom is -0.497 e. The van der Waals surface area contributed by atoms with E-state index in [0.29, 0.717) is 5.91 Å². The Bertz CT molecular complexity index is 817. The van der Waals surface area contributed by atoms with Crippen LogP contribution in [0.1, 0.15) is 43.7 Å². The van der Waals surface area contributed by atoms with E-state index in [1.54, 1.807) is 13.3 Å². The third kappa shape index (κ3) is 3.61. The van der Waals surface area contributed by atoms with Crippen LogP contribution >= 0.6 is 0 Å². The molecule has 6 nitrogen and oxygen atoms in total. The summed E-state index contributed by atoms with van der Waals surface area (Å²) in [5.41, 5.74) is 8.87. The maximum absolute atomic E-state index is 12.7. The maximum Gasteiger partial charge on any atom is 0.225 e. The highest BCUT2D eigenvalue weighted by molar-refractivity contribution is 5.80. The molecule has 2 aliphatic rings. The summed E-state index contributed by atoms with van der Waals surface area (Å²) in [6.45, 7) is 1.57. The first-order chi connectivity index (χ1) is 13.2. The van der Waals surface area contributed by atoms with Gasteiger partial charge in [-0.1, -0.05) is 18.6 Å². The maximum atomic E-state index is 12.7. The second-order valence-corrected chi connectivity index (χ2v) is 7.51. The van der Waals surface area contributed by atoms with E-state index in [-0.39, 0.29) is 17.8 Å². The Kier molecular flexibility index (Phi) is 4.97. The van der Waals surface area contributed by atoms with Crippen LogP contribution in [0.25, 0.3) is 11.1 Å². The van der Waals surface area contributed by atoms with Crippen molar-refractivity contribution in [2.75, 3.05) is 25.9 Å². The summed E-state index contributed by atoms with van der Waals surface area (Å²) in [6.07, 6.45) is 7.06. The molecule has 1 amide bonds. The fourth-order valence-electron chi connectivity index (χ4n) is 4.03. The van der Waals surface area contributed by atoms with Crippen LogP contribution in [-0.4, -0.2) is 41.0 Å². The number of carbonyl (C=O) groups is 1. The van der Waals surface area contributed by atoms with Crippen molar-refractivity contribution in [3.8, 4) is 16.9 Å². The van der Waals surface area contributed by atoms with Crippen LogP contribution in [0, 0.1) is 5.92 Å². The van der Waals surface area contributed by atoms with E-state index in [0.717, 1.165) is 61.3 Å². The Labute approximate surface area is 159 Å². The van der Waals surface area contributed by atoms with Crippen LogP contribution in [0.2, 0.25) is 0 Å². The number of benzene rings is 1. The van der Waals surface area contributed by atoms with Gasteiger partial charge in [0.15, 0.2) is 0 Å². The molecule has 1 aromatic heterocycles. The number of nitrogens with zero attached hydrogens (tertiary/aromatic N) is 3. The predicted octanol–water partition coefficient (Wildman–Crippen LogP) is 3.24. The smallest absolute Gasteiger partial charge is 0.225 e. The average Bonchev–Trinajstić information content (AvgIpc) is 2.67. The number of anilines is 1. The Morgan fingerprint density at radius 1 is 1.19 bits per heavy atom. The van der Waals surface area contributed by atoms with Crippen molar-refractivity contribution in [2.24, 2.45) is 5.92 Å². The lowest BCUT2D eigenvalue weighted by molar-refractivity contribution is -0.139. The summed E-state index contributed by atoms with van der Waals surface area (Å²) in [4.78, 5) is 23.5. The van der Waals surface area contributed by atoms with Gasteiger partial charge in [-0.05, 0) is 43.4 Å². The molecule has 1 aliphatic heterocycles. The Morgan fingerprint density at radius 3 is 2.63 bits per heavy atom. The topological polar surface area (TPSA) is 81.3 Å². The highest BCUT2D eigenvalue weighted by Crippen LogP contribution is 2.36. The number of methoxy groups -OCH3 is 1. The second-order valence-electron chi connectivity index (χ2n) is 7.51. The standard InChI is InChI=1S/C21H26N4O2/c1-27-17-9-7-14(8-10-17)18-12-23-21(22)24-19(18)16-6-3-11-25(13-16)20(26)15-4-2-5-15/h7-10,12,15-16H,2-6,11,13H2,1H3,(H2,22,23,24). The molecule has 1 aromatic carbocycles. The van der Waals surface area contributed by atoms with Gasteiger partial charge in [-0.2, -0.15) is 0 Å². The third-order valence-electron chi connectivity index (χ3n) is 5.81. The van der Waals surface area contributed by atoms with Gasteiger partial charge in [-0.3, -0.25) is 4.79 Å². The van der Waals surface area contributed by atoms with E-state index in [9.17, 15) is 4.79 Å². The lowest BCUT2D eigenvalue weighted by atomic mass is 9.83. The van der Waals surface area contributed by atoms with Crippen molar-refractivity contribution in [2.45, 2.75) is 38.0 Å².